The first-order chi connectivity index (χ1) is 7.60. The molecule has 0 spiro atoms. The van der Waals surface area contributed by atoms with Gasteiger partial charge < -0.3 is 15.0 Å². The fraction of sp³-hybridized carbons (Fsp3) is 0.333. The van der Waals surface area contributed by atoms with Crippen LogP contribution >= 0.6 is 15.9 Å². The number of ether oxygens (including phenoxy) is 1. The van der Waals surface area contributed by atoms with E-state index in [1.807, 2.05) is 19.2 Å². The molecule has 0 bridgehead atoms. The van der Waals surface area contributed by atoms with E-state index in [2.05, 4.69) is 27.4 Å². The van der Waals surface area contributed by atoms with Crippen molar-refractivity contribution in [3.63, 3.8) is 0 Å². The highest BCUT2D eigenvalue weighted by molar-refractivity contribution is 9.10. The van der Waals surface area contributed by atoms with Gasteiger partial charge in [0.1, 0.15) is 5.75 Å². The third kappa shape index (κ3) is 1.53. The molecule has 0 aliphatic carbocycles. The molecule has 0 aliphatic heterocycles. The summed E-state index contributed by atoms with van der Waals surface area (Å²) in [5.41, 5.74) is 9.35. The maximum Gasteiger partial charge on any atom is 0.120 e. The largest absolute Gasteiger partial charge is 0.497 e. The van der Waals surface area contributed by atoms with Crippen molar-refractivity contribution in [3.8, 4) is 5.75 Å². The van der Waals surface area contributed by atoms with Crippen LogP contribution in [0, 0.1) is 6.92 Å². The van der Waals surface area contributed by atoms with E-state index in [1.54, 1.807) is 7.11 Å². The number of nitrogens with two attached hydrogens (primary N) is 1. The first-order valence-corrected chi connectivity index (χ1v) is 5.91. The lowest BCUT2D eigenvalue weighted by atomic mass is 10.1. The van der Waals surface area contributed by atoms with Crippen LogP contribution in [0.3, 0.4) is 0 Å². The third-order valence-electron chi connectivity index (χ3n) is 3.08. The van der Waals surface area contributed by atoms with E-state index in [-0.39, 0.29) is 0 Å². The number of nitrogens with zero attached hydrogens (tertiary/aromatic N) is 1. The van der Waals surface area contributed by atoms with Gasteiger partial charge in [-0.25, -0.2) is 0 Å². The van der Waals surface area contributed by atoms with Crippen LogP contribution in [-0.4, -0.2) is 11.7 Å². The number of halogens is 1. The maximum atomic E-state index is 5.80. The Morgan fingerprint density at radius 3 is 2.69 bits per heavy atom. The normalized spacial score (nSPS) is 11.1. The number of methoxy groups -OCH3 is 1. The lowest BCUT2D eigenvalue weighted by Crippen LogP contribution is -1.99. The van der Waals surface area contributed by atoms with Gasteiger partial charge >= 0.3 is 0 Å². The highest BCUT2D eigenvalue weighted by Gasteiger charge is 2.14. The Morgan fingerprint density at radius 1 is 1.44 bits per heavy atom. The minimum Gasteiger partial charge on any atom is -0.497 e. The van der Waals surface area contributed by atoms with Gasteiger partial charge in [0.15, 0.2) is 0 Å². The van der Waals surface area contributed by atoms with Crippen molar-refractivity contribution in [3.05, 3.63) is 27.9 Å². The van der Waals surface area contributed by atoms with Gasteiger partial charge in [0.2, 0.25) is 0 Å². The molecule has 1 aromatic carbocycles. The van der Waals surface area contributed by atoms with Crippen LogP contribution in [0.2, 0.25) is 0 Å². The van der Waals surface area contributed by atoms with Crippen LogP contribution in [0.4, 0.5) is 0 Å². The smallest absolute Gasteiger partial charge is 0.120 e. The van der Waals surface area contributed by atoms with Crippen LogP contribution in [0.15, 0.2) is 16.6 Å². The Bertz CT molecular complexity index is 546. The Balaban J connectivity index is 2.89. The molecule has 0 unspecified atom stereocenters. The molecule has 3 nitrogen and oxygen atoms in total. The summed E-state index contributed by atoms with van der Waals surface area (Å²) in [6, 6.07) is 4.01. The second-order valence-electron chi connectivity index (χ2n) is 3.83. The lowest BCUT2D eigenvalue weighted by molar-refractivity contribution is 0.415. The SMILES string of the molecule is COc1cc(Br)c2c(c1)c(CN)c(C)n2C. The molecule has 1 aromatic heterocycles. The fourth-order valence-corrected chi connectivity index (χ4v) is 2.79. The second kappa shape index (κ2) is 4.11. The monoisotopic (exact) mass is 282 g/mol. The van der Waals surface area contributed by atoms with Crippen LogP contribution < -0.4 is 10.5 Å². The fourth-order valence-electron chi connectivity index (χ4n) is 2.09. The Labute approximate surface area is 103 Å². The van der Waals surface area contributed by atoms with Crippen molar-refractivity contribution in [1.82, 2.24) is 4.57 Å². The molecule has 0 saturated carbocycles. The number of aryl methyl sites for hydroxylation is 1. The highest BCUT2D eigenvalue weighted by atomic mass is 79.9. The van der Waals surface area contributed by atoms with Crippen LogP contribution in [-0.2, 0) is 13.6 Å². The molecule has 2 N–H and O–H groups in total. The van der Waals surface area contributed by atoms with E-state index in [9.17, 15) is 0 Å². The highest BCUT2D eigenvalue weighted by Crippen LogP contribution is 2.34. The number of hydrogen-bond donors (Lipinski definition) is 1. The van der Waals surface area contributed by atoms with Crippen molar-refractivity contribution >= 4 is 26.8 Å². The summed E-state index contributed by atoms with van der Waals surface area (Å²) in [7, 11) is 3.72. The van der Waals surface area contributed by atoms with Crippen molar-refractivity contribution in [2.24, 2.45) is 12.8 Å². The first kappa shape index (κ1) is 11.5. The Kier molecular flexibility index (Phi) is 2.95. The molecule has 86 valence electrons. The summed E-state index contributed by atoms with van der Waals surface area (Å²) in [5, 5.41) is 1.16. The predicted molar refractivity (Wildman–Crippen MR) is 69.8 cm³/mol. The summed E-state index contributed by atoms with van der Waals surface area (Å²) < 4.78 is 8.46. The van der Waals surface area contributed by atoms with Crippen molar-refractivity contribution < 1.29 is 4.74 Å². The summed E-state index contributed by atoms with van der Waals surface area (Å²) in [6.45, 7) is 2.63. The molecule has 0 atom stereocenters. The van der Waals surface area contributed by atoms with Crippen LogP contribution in [0.1, 0.15) is 11.3 Å². The average Bonchev–Trinajstić information content (AvgIpc) is 2.51. The molecule has 4 heteroatoms. The van der Waals surface area contributed by atoms with Crippen molar-refractivity contribution in [2.75, 3.05) is 7.11 Å². The van der Waals surface area contributed by atoms with Gasteiger partial charge in [-0.3, -0.25) is 0 Å². The molecule has 1 heterocycles. The van der Waals surface area contributed by atoms with Gasteiger partial charge in [-0.05, 0) is 40.5 Å². The number of benzene rings is 1. The van der Waals surface area contributed by atoms with E-state index in [1.165, 1.54) is 16.8 Å². The summed E-state index contributed by atoms with van der Waals surface area (Å²) in [4.78, 5) is 0. The molecule has 0 aliphatic rings. The van der Waals surface area contributed by atoms with Crippen molar-refractivity contribution in [2.45, 2.75) is 13.5 Å². The zero-order valence-corrected chi connectivity index (χ0v) is 11.3. The van der Waals surface area contributed by atoms with E-state index in [4.69, 9.17) is 10.5 Å². The Hall–Kier alpha value is -1.00. The molecule has 2 rings (SSSR count). The first-order valence-electron chi connectivity index (χ1n) is 5.11. The number of rotatable bonds is 2. The quantitative estimate of drug-likeness (QED) is 0.920. The van der Waals surface area contributed by atoms with Crippen molar-refractivity contribution in [1.29, 1.82) is 0 Å². The van der Waals surface area contributed by atoms with Gasteiger partial charge in [0, 0.05) is 29.1 Å². The second-order valence-corrected chi connectivity index (χ2v) is 4.69. The van der Waals surface area contributed by atoms with E-state index < -0.39 is 0 Å². The minimum atomic E-state index is 0.544. The molecule has 0 fully saturated rings. The summed E-state index contributed by atoms with van der Waals surface area (Å²) >= 11 is 3.57. The number of aromatic nitrogens is 1. The predicted octanol–water partition coefficient (Wildman–Crippen LogP) is 2.72. The van der Waals surface area contributed by atoms with Gasteiger partial charge in [0.25, 0.3) is 0 Å². The zero-order valence-electron chi connectivity index (χ0n) is 9.67. The molecular formula is C12H15BrN2O. The third-order valence-corrected chi connectivity index (χ3v) is 3.68. The van der Waals surface area contributed by atoms with Gasteiger partial charge in [-0.15, -0.1) is 0 Å². The average molecular weight is 283 g/mol. The van der Waals surface area contributed by atoms with Gasteiger partial charge in [0.05, 0.1) is 12.6 Å². The van der Waals surface area contributed by atoms with E-state index >= 15 is 0 Å². The lowest BCUT2D eigenvalue weighted by Gasteiger charge is -2.04. The summed E-state index contributed by atoms with van der Waals surface area (Å²) in [5.74, 6) is 0.847. The molecule has 0 radical (unpaired) electrons. The molecule has 0 amide bonds. The number of hydrogen-bond acceptors (Lipinski definition) is 2. The Morgan fingerprint density at radius 2 is 2.12 bits per heavy atom. The van der Waals surface area contributed by atoms with Crippen LogP contribution in [0.5, 0.6) is 5.75 Å². The maximum absolute atomic E-state index is 5.80. The van der Waals surface area contributed by atoms with E-state index in [0.29, 0.717) is 6.54 Å². The molecule has 2 aromatic rings. The van der Waals surface area contributed by atoms with Crippen LogP contribution in [0.25, 0.3) is 10.9 Å². The molecule has 16 heavy (non-hydrogen) atoms. The number of fused-ring (bicyclic) bond motifs is 1. The summed E-state index contributed by atoms with van der Waals surface area (Å²) in [6.07, 6.45) is 0. The standard InChI is InChI=1S/C12H15BrN2O/c1-7-10(6-14)9-4-8(16-3)5-11(13)12(9)15(7)2/h4-5H,6,14H2,1-3H3. The molecular weight excluding hydrogens is 268 g/mol. The van der Waals surface area contributed by atoms with E-state index in [0.717, 1.165) is 15.6 Å². The molecule has 0 saturated heterocycles. The minimum absolute atomic E-state index is 0.544. The van der Waals surface area contributed by atoms with Gasteiger partial charge in [-0.2, -0.15) is 0 Å². The topological polar surface area (TPSA) is 40.2 Å². The zero-order chi connectivity index (χ0) is 11.9. The van der Waals surface area contributed by atoms with Gasteiger partial charge in [-0.1, -0.05) is 0 Å².